The average molecular weight is 390 g/mol. The summed E-state index contributed by atoms with van der Waals surface area (Å²) >= 11 is 7.69. The Bertz CT molecular complexity index is 494. The average Bonchev–Trinajstić information content (AvgIpc) is 2.44. The van der Waals surface area contributed by atoms with Gasteiger partial charge in [-0.15, -0.1) is 11.8 Å². The molecule has 0 aliphatic heterocycles. The minimum absolute atomic E-state index is 0.466. The molecule has 1 aromatic rings. The van der Waals surface area contributed by atoms with Crippen LogP contribution < -0.4 is 4.52 Å². The second-order valence-corrected chi connectivity index (χ2v) is 11.6. The van der Waals surface area contributed by atoms with E-state index in [1.807, 2.05) is 13.8 Å². The Balaban J connectivity index is 2.66. The summed E-state index contributed by atoms with van der Waals surface area (Å²) in [7, 11) is 0. The fourth-order valence-corrected chi connectivity index (χ4v) is 6.70. The van der Waals surface area contributed by atoms with Crippen molar-refractivity contribution in [2.75, 3.05) is 18.1 Å². The number of alkyl halides is 3. The van der Waals surface area contributed by atoms with E-state index in [4.69, 9.17) is 20.9 Å². The van der Waals surface area contributed by atoms with Gasteiger partial charge in [-0.1, -0.05) is 18.3 Å². The molecule has 0 radical (unpaired) electrons. The second kappa shape index (κ2) is 9.42. The van der Waals surface area contributed by atoms with Crippen LogP contribution in [0.2, 0.25) is 0 Å². The first kappa shape index (κ1) is 20.2. The van der Waals surface area contributed by atoms with Crippen LogP contribution >= 0.6 is 28.8 Å². The minimum Gasteiger partial charge on any atom is -0.436 e. The first-order chi connectivity index (χ1) is 10.3. The van der Waals surface area contributed by atoms with E-state index in [0.717, 1.165) is 23.9 Å². The van der Waals surface area contributed by atoms with Crippen LogP contribution in [-0.2, 0) is 16.3 Å². The van der Waals surface area contributed by atoms with Gasteiger partial charge >= 0.3 is 6.18 Å². The highest BCUT2D eigenvalue weighted by molar-refractivity contribution is 8.68. The Morgan fingerprint density at radius 1 is 1.18 bits per heavy atom. The smallest absolute Gasteiger partial charge is 0.398 e. The highest BCUT2D eigenvalue weighted by Crippen LogP contribution is 2.60. The van der Waals surface area contributed by atoms with Gasteiger partial charge in [0.05, 0.1) is 12.4 Å². The van der Waals surface area contributed by atoms with Gasteiger partial charge in [0.25, 0.3) is 5.69 Å². The summed E-state index contributed by atoms with van der Waals surface area (Å²) in [6, 6.07) is 6.46. The van der Waals surface area contributed by atoms with Crippen molar-refractivity contribution in [3.05, 3.63) is 24.3 Å². The summed E-state index contributed by atoms with van der Waals surface area (Å²) in [4.78, 5) is 0.538. The molecule has 0 saturated carbocycles. The van der Waals surface area contributed by atoms with E-state index < -0.39 is 17.6 Å². The number of halogens is 3. The van der Waals surface area contributed by atoms with Gasteiger partial charge in [-0.25, -0.2) is 0 Å². The van der Waals surface area contributed by atoms with E-state index >= 15 is 0 Å². The number of rotatable bonds is 9. The second-order valence-electron chi connectivity index (χ2n) is 4.16. The molecule has 126 valence electrons. The molecule has 0 N–H and O–H groups in total. The molecule has 0 bridgehead atoms. The lowest BCUT2D eigenvalue weighted by atomic mass is 10.3. The van der Waals surface area contributed by atoms with Crippen LogP contribution in [0.5, 0.6) is 5.75 Å². The van der Waals surface area contributed by atoms with Crippen LogP contribution in [-0.4, -0.2) is 24.3 Å². The topological polar surface area (TPSA) is 18.5 Å². The van der Waals surface area contributed by atoms with E-state index in [2.05, 4.69) is 0 Å². The van der Waals surface area contributed by atoms with Gasteiger partial charge in [0.2, 0.25) is 0 Å². The maximum atomic E-state index is 12.2. The van der Waals surface area contributed by atoms with Gasteiger partial charge < -0.3 is 9.05 Å². The summed E-state index contributed by atoms with van der Waals surface area (Å²) in [5, 5.41) is 0. The predicted octanol–water partition coefficient (Wildman–Crippen LogP) is 6.12. The zero-order valence-corrected chi connectivity index (χ0v) is 15.6. The molecule has 1 unspecified atom stereocenters. The van der Waals surface area contributed by atoms with Gasteiger partial charge in [-0.2, -0.15) is 13.2 Å². The summed E-state index contributed by atoms with van der Waals surface area (Å²) in [6.45, 7) is 4.37. The highest BCUT2D eigenvalue weighted by Gasteiger charge is 2.27. The van der Waals surface area contributed by atoms with Crippen molar-refractivity contribution in [1.29, 1.82) is 0 Å². The van der Waals surface area contributed by atoms with E-state index in [0.29, 0.717) is 17.3 Å². The summed E-state index contributed by atoms with van der Waals surface area (Å²) < 4.78 is 47.9. The molecule has 0 heterocycles. The van der Waals surface area contributed by atoms with Crippen LogP contribution in [0.25, 0.3) is 0 Å². The molecule has 0 aliphatic carbocycles. The molecule has 1 aromatic carbocycles. The molecule has 1 rings (SSSR count). The van der Waals surface area contributed by atoms with Gasteiger partial charge in [0, 0.05) is 10.6 Å². The fraction of sp³-hybridized carbons (Fsp3) is 0.538. The predicted molar refractivity (Wildman–Crippen MR) is 92.5 cm³/mol. The van der Waals surface area contributed by atoms with Crippen LogP contribution in [0.3, 0.4) is 0 Å². The molecule has 0 saturated heterocycles. The first-order valence-electron chi connectivity index (χ1n) is 6.66. The molecule has 22 heavy (non-hydrogen) atoms. The molecule has 0 amide bonds. The van der Waals surface area contributed by atoms with Crippen molar-refractivity contribution >= 4 is 40.6 Å². The quantitative estimate of drug-likeness (QED) is 0.372. The number of hydrogen-bond donors (Lipinski definition) is 0. The molecule has 0 fully saturated rings. The van der Waals surface area contributed by atoms with E-state index in [1.165, 1.54) is 11.4 Å². The Morgan fingerprint density at radius 2 is 1.82 bits per heavy atom. The zero-order chi connectivity index (χ0) is 16.6. The van der Waals surface area contributed by atoms with Crippen molar-refractivity contribution in [2.24, 2.45) is 0 Å². The Kier molecular flexibility index (Phi) is 8.64. The molecular weight excluding hydrogens is 372 g/mol. The van der Waals surface area contributed by atoms with Crippen molar-refractivity contribution in [3.63, 3.8) is 0 Å². The number of thioether (sulfide) groups is 1. The van der Waals surface area contributed by atoms with E-state index in [9.17, 15) is 13.2 Å². The summed E-state index contributed by atoms with van der Waals surface area (Å²) in [5.74, 6) is 0.463. The van der Waals surface area contributed by atoms with Crippen molar-refractivity contribution in [2.45, 2.75) is 31.3 Å². The highest BCUT2D eigenvalue weighted by atomic mass is 32.9. The van der Waals surface area contributed by atoms with Gasteiger partial charge in [-0.05, 0) is 49.4 Å². The van der Waals surface area contributed by atoms with Gasteiger partial charge in [0.15, 0.2) is 0 Å². The summed E-state index contributed by atoms with van der Waals surface area (Å²) in [5.41, 5.74) is -2.45. The van der Waals surface area contributed by atoms with Crippen LogP contribution in [0.1, 0.15) is 20.3 Å². The SMILES string of the molecule is CCCSP(=S)(OCC)Oc1ccc(SCC(F)(F)F)cc1. The third kappa shape index (κ3) is 8.11. The molecule has 2 nitrogen and oxygen atoms in total. The standard InChI is InChI=1S/C13H18F3O2PS3/c1-3-9-22-19(20,17-4-2)18-11-5-7-12(8-6-11)21-10-13(14,15)16/h5-8H,3-4,9-10H2,1-2H3. The molecule has 0 spiro atoms. The maximum absolute atomic E-state index is 12.2. The van der Waals surface area contributed by atoms with E-state index in [1.54, 1.807) is 24.3 Å². The lowest BCUT2D eigenvalue weighted by molar-refractivity contribution is -0.105. The van der Waals surface area contributed by atoms with Crippen LogP contribution in [0, 0.1) is 0 Å². The molecule has 9 heteroatoms. The lowest BCUT2D eigenvalue weighted by Gasteiger charge is -2.21. The third-order valence-corrected chi connectivity index (χ3v) is 8.70. The molecule has 1 atom stereocenters. The fourth-order valence-electron chi connectivity index (χ4n) is 1.34. The maximum Gasteiger partial charge on any atom is 0.398 e. The summed E-state index contributed by atoms with van der Waals surface area (Å²) in [6.07, 6.45) is -3.21. The van der Waals surface area contributed by atoms with E-state index in [-0.39, 0.29) is 0 Å². The zero-order valence-electron chi connectivity index (χ0n) is 12.3. The minimum atomic E-state index is -4.17. The lowest BCUT2D eigenvalue weighted by Crippen LogP contribution is -2.10. The molecule has 0 aromatic heterocycles. The molecular formula is C13H18F3O2PS3. The van der Waals surface area contributed by atoms with Crippen LogP contribution in [0.4, 0.5) is 13.2 Å². The molecule has 0 aliphatic rings. The largest absolute Gasteiger partial charge is 0.436 e. The van der Waals surface area contributed by atoms with Crippen molar-refractivity contribution in [3.8, 4) is 5.75 Å². The van der Waals surface area contributed by atoms with Crippen LogP contribution in [0.15, 0.2) is 29.2 Å². The number of benzene rings is 1. The first-order valence-corrected chi connectivity index (χ1v) is 11.9. The van der Waals surface area contributed by atoms with Crippen molar-refractivity contribution < 1.29 is 22.2 Å². The van der Waals surface area contributed by atoms with Crippen molar-refractivity contribution in [1.82, 2.24) is 0 Å². The normalized spacial score (nSPS) is 14.6. The van der Waals surface area contributed by atoms with Gasteiger partial charge in [0.1, 0.15) is 5.75 Å². The Labute approximate surface area is 142 Å². The third-order valence-electron chi connectivity index (χ3n) is 2.18. The van der Waals surface area contributed by atoms with Gasteiger partial charge in [-0.3, -0.25) is 0 Å². The Morgan fingerprint density at radius 3 is 2.32 bits per heavy atom. The number of hydrogen-bond acceptors (Lipinski definition) is 5. The Hall–Kier alpha value is 0.120. The monoisotopic (exact) mass is 390 g/mol.